The fraction of sp³-hybridized carbons (Fsp3) is 0.352. The highest BCUT2D eigenvalue weighted by atomic mass is 33.2. The molecule has 94 heavy (non-hydrogen) atoms. The molecule has 0 aliphatic carbocycles. The molecule has 3 saturated heterocycles. The molecule has 3 radical (unpaired) electrons. The summed E-state index contributed by atoms with van der Waals surface area (Å²) in [4.78, 5) is 60.0. The van der Waals surface area contributed by atoms with Crippen LogP contribution in [0.1, 0.15) is 49.9 Å². The summed E-state index contributed by atoms with van der Waals surface area (Å²) in [7, 11) is 18.9. The average Bonchev–Trinajstić information content (AvgIpc) is 1.38. The third-order valence-electron chi connectivity index (χ3n) is 14.8. The lowest BCUT2D eigenvalue weighted by Crippen LogP contribution is -2.41. The van der Waals surface area contributed by atoms with Gasteiger partial charge in [-0.2, -0.15) is 15.1 Å². The highest BCUT2D eigenvalue weighted by Gasteiger charge is 2.56. The van der Waals surface area contributed by atoms with Crippen molar-refractivity contribution in [2.75, 3.05) is 32.4 Å². The lowest BCUT2D eigenvalue weighted by molar-refractivity contribution is -0.259. The van der Waals surface area contributed by atoms with Crippen LogP contribution in [0.25, 0.3) is 22.3 Å². The number of nitrogens with zero attached hydrogens (tertiary/aromatic N) is 6. The Balaban J connectivity index is 0.000000209. The largest absolute Gasteiger partial charge is 0.497 e. The highest BCUT2D eigenvalue weighted by molar-refractivity contribution is 9.18. The molecular weight excluding hydrogens is 1440 g/mol. The summed E-state index contributed by atoms with van der Waals surface area (Å²) in [5, 5.41) is 38.0. The second-order valence-electron chi connectivity index (χ2n) is 20.9. The van der Waals surface area contributed by atoms with Gasteiger partial charge in [-0.1, -0.05) is 99.0 Å². The van der Waals surface area contributed by atoms with Crippen molar-refractivity contribution in [3.63, 3.8) is 0 Å². The Morgan fingerprint density at radius 2 is 1.24 bits per heavy atom. The number of carbonyl (C=O) groups excluding carboxylic acids is 1. The minimum Gasteiger partial charge on any atom is -0.497 e. The van der Waals surface area contributed by atoms with E-state index in [1.165, 1.54) is 57.4 Å². The van der Waals surface area contributed by atoms with Crippen molar-refractivity contribution in [3.8, 4) is 11.5 Å². The van der Waals surface area contributed by atoms with Gasteiger partial charge in [-0.3, -0.25) is 38.0 Å². The maximum absolute atomic E-state index is 13.7. The second kappa shape index (κ2) is 34.3. The van der Waals surface area contributed by atoms with Gasteiger partial charge in [-0.05, 0) is 89.7 Å². The number of anilines is 2. The van der Waals surface area contributed by atoms with Crippen LogP contribution >= 0.6 is 97.2 Å². The fourth-order valence-corrected chi connectivity index (χ4v) is 107. The number of nitrogen functional groups attached to an aromatic ring is 1. The minimum atomic E-state index is -4.27. The first-order valence-corrected chi connectivity index (χ1v) is 48.9. The second-order valence-corrected chi connectivity index (χ2v) is 61.6. The number of carbonyl (C=O) groups is 1. The molecule has 3 fully saturated rings. The average molecular weight is 1510 g/mol. The van der Waals surface area contributed by atoms with Gasteiger partial charge in [0.1, 0.15) is 59.7 Å². The first-order valence-electron chi connectivity index (χ1n) is 28.2. The lowest BCUT2D eigenvalue weighted by atomic mass is 9.77. The van der Waals surface area contributed by atoms with Crippen molar-refractivity contribution in [2.24, 2.45) is 0 Å². The molecule has 27 nitrogen and oxygen atoms in total. The molecule has 8 aromatic rings. The van der Waals surface area contributed by atoms with E-state index >= 15 is 0 Å². The van der Waals surface area contributed by atoms with E-state index < -0.39 is 104 Å². The van der Waals surface area contributed by atoms with E-state index in [4.69, 9.17) is 48.2 Å². The van der Waals surface area contributed by atoms with Crippen LogP contribution in [0.3, 0.4) is 0 Å². The third-order valence-corrected chi connectivity index (χ3v) is 75.6. The first kappa shape index (κ1) is 76.6. The number of esters is 1. The van der Waals surface area contributed by atoms with E-state index in [9.17, 15) is 34.3 Å². The Morgan fingerprint density at radius 1 is 0.723 bits per heavy atom. The predicted molar refractivity (Wildman–Crippen MR) is 392 cm³/mol. The van der Waals surface area contributed by atoms with Gasteiger partial charge in [0.25, 0.3) is 17.6 Å². The molecule has 9 N–H and O–H groups in total. The van der Waals surface area contributed by atoms with Gasteiger partial charge in [-0.25, -0.2) is 14.5 Å². The van der Waals surface area contributed by atoms with Crippen LogP contribution in [0.4, 0.5) is 11.9 Å². The zero-order chi connectivity index (χ0) is 67.1. The molecule has 7 heterocycles. The summed E-state index contributed by atoms with van der Waals surface area (Å²) in [6.07, 6.45) is -7.51. The Hall–Kier alpha value is -3.13. The summed E-state index contributed by atoms with van der Waals surface area (Å²) in [5.41, 5.74) is 6.71. The molecule has 0 amide bonds. The molecule has 0 bridgehead atoms. The van der Waals surface area contributed by atoms with Crippen molar-refractivity contribution in [2.45, 2.75) is 100 Å². The molecule has 0 saturated carbocycles. The summed E-state index contributed by atoms with van der Waals surface area (Å²) >= 11 is 0. The summed E-state index contributed by atoms with van der Waals surface area (Å²) < 4.78 is 67.2. The van der Waals surface area contributed by atoms with Gasteiger partial charge in [0.05, 0.1) is 39.1 Å². The SMILES string of the molecule is COC(=O)[C@H](C)NP(=O)(Oc1ccccc1)O[C@@H](C)[C@H]1O[C@@H](n2cnc3c(=O)[nH]c(N)nc32)[C@H](O)[C@@H]1O.COc1ccc(C(Nc2nc3c(ncn3[C@@H]3O[C@H]([C@H](C)O)[C@H]4OC(OC)O[C@H]43)c(=O)[nH]2)(c2ccccc2)c2ccccc2)cc1.PPP(P)P(P(P)P)P(P)P.[B]. The molecule has 10 unspecified atom stereocenters. The predicted octanol–water partition coefficient (Wildman–Crippen LogP) is 9.20. The quantitative estimate of drug-likeness (QED) is 0.0136. The van der Waals surface area contributed by atoms with Crippen molar-refractivity contribution >= 4 is 146 Å². The van der Waals surface area contributed by atoms with Crippen LogP contribution in [0.15, 0.2) is 138 Å². The Labute approximate surface area is 563 Å². The number of aliphatic hydroxyl groups excluding tert-OH is 3. The molecule has 4 aromatic heterocycles. The van der Waals surface area contributed by atoms with Gasteiger partial charge in [-0.15, -0.1) is 53.6 Å². The molecule has 0 spiro atoms. The number of aromatic nitrogens is 8. The number of hydrogen-bond acceptors (Lipinski definition) is 22. The topological polar surface area (TPSA) is 355 Å². The van der Waals surface area contributed by atoms with Crippen LogP contribution in [0.2, 0.25) is 0 Å². The lowest BCUT2D eigenvalue weighted by Gasteiger charge is -2.37. The number of aliphatic hydroxyl groups is 3. The van der Waals surface area contributed by atoms with Crippen LogP contribution in [-0.4, -0.2) is 151 Å². The maximum atomic E-state index is 13.7. The number of benzene rings is 4. The van der Waals surface area contributed by atoms with Gasteiger partial charge in [0.15, 0.2) is 34.8 Å². The number of methoxy groups -OCH3 is 3. The number of nitrogens with one attached hydrogen (secondary N) is 4. The maximum Gasteiger partial charge on any atom is 0.459 e. The number of nitrogens with two attached hydrogens (primary N) is 1. The van der Waals surface area contributed by atoms with E-state index in [1.807, 2.05) is 84.9 Å². The molecule has 4 aromatic carbocycles. The number of aromatic amines is 2. The number of imidazole rings is 2. The number of H-pyrrole nitrogens is 2. The number of ether oxygens (including phenoxy) is 7. The Bertz CT molecular complexity index is 3910. The van der Waals surface area contributed by atoms with E-state index in [-0.39, 0.29) is 76.3 Å². The van der Waals surface area contributed by atoms with Crippen molar-refractivity contribution in [1.29, 1.82) is 0 Å². The van der Waals surface area contributed by atoms with Crippen LogP contribution < -0.4 is 36.5 Å². The molecule has 40 heteroatoms. The van der Waals surface area contributed by atoms with E-state index in [0.29, 0.717) is 5.75 Å². The van der Waals surface area contributed by atoms with Gasteiger partial charge in [0.2, 0.25) is 11.9 Å². The number of fused-ring (bicyclic) bond motifs is 3. The Kier molecular flexibility index (Phi) is 28.0. The molecule has 21 atom stereocenters. The van der Waals surface area contributed by atoms with Crippen molar-refractivity contribution in [3.05, 3.63) is 165 Å². The fourth-order valence-electron chi connectivity index (χ4n) is 10.5. The van der Waals surface area contributed by atoms with Crippen LogP contribution in [-0.2, 0) is 47.8 Å². The molecule has 11 rings (SSSR count). The van der Waals surface area contributed by atoms with Crippen LogP contribution in [0, 0.1) is 0 Å². The van der Waals surface area contributed by atoms with E-state index in [2.05, 4.69) is 93.6 Å². The minimum absolute atomic E-state index is 0. The van der Waals surface area contributed by atoms with Crippen molar-refractivity contribution in [1.82, 2.24) is 44.1 Å². The molecule has 3 aliphatic heterocycles. The number of para-hydroxylation sites is 1. The normalized spacial score (nSPS) is 23.0. The van der Waals surface area contributed by atoms with Crippen LogP contribution in [0.5, 0.6) is 11.5 Å². The first-order chi connectivity index (χ1) is 44.4. The molecule has 3 aliphatic rings. The van der Waals surface area contributed by atoms with E-state index in [1.54, 1.807) is 36.8 Å². The molecule has 503 valence electrons. The van der Waals surface area contributed by atoms with E-state index in [0.717, 1.165) is 24.6 Å². The van der Waals surface area contributed by atoms with Crippen molar-refractivity contribution < 1.29 is 66.9 Å². The highest BCUT2D eigenvalue weighted by Crippen LogP contribution is 3.12. The third kappa shape index (κ3) is 17.4. The summed E-state index contributed by atoms with van der Waals surface area (Å²) in [6.45, 7) is 4.32. The zero-order valence-corrected chi connectivity index (χ0v) is 63.6. The van der Waals surface area contributed by atoms with Gasteiger partial charge < -0.3 is 64.1 Å². The Morgan fingerprint density at radius 3 is 1.77 bits per heavy atom. The monoisotopic (exact) mass is 1510 g/mol. The smallest absolute Gasteiger partial charge is 0.459 e. The summed E-state index contributed by atoms with van der Waals surface area (Å²) in [6, 6.07) is 34.7. The van der Waals surface area contributed by atoms with Gasteiger partial charge >= 0.3 is 13.7 Å². The molecular formula is C54H73BN11O16P12. The number of hydrogen-bond donors (Lipinski definition) is 8. The summed E-state index contributed by atoms with van der Waals surface area (Å²) in [5.74, 6) is 0.217. The standard InChI is InChI=1S/C33H33N5O7.C21H27N6O9P.B.H13P11/c1-19(39)25-26-27(45-32(42-3)44-26)30(43-25)38-18-34-24-28(38)35-31(36-29(24)40)37-33(20-10-6-4-7-11-20,21-12-8-5-9-13-21)22-14-16-23(41-2)17-15-22;1-10(20(31)33-3)26-37(32,36-12-7-5-4-6-8-12)35-11(2)16-14(28)15(29)19(34-16)27-9-23-13-17(27)24-21(22)25-18(13)30;;1-7-10(6)11(8(2)3)9(4)5/h4-19,25-27,30,32,39H,1-3H3,(H2,35,36,37,40);4-11,14-16,19,28-29H,1-3H3,(H,26,32)(H3,22,24,25,30);;7H,1-6H2/t19-,25+,26+,27+,30+,32?;10-,11-,14-,15+,16+,19+,37?;;/m00../s1. The van der Waals surface area contributed by atoms with Gasteiger partial charge in [0, 0.05) is 15.5 Å². The zero-order valence-electron chi connectivity index (χ0n) is 51.2. The number of rotatable bonds is 22.